The molecule has 0 radical (unpaired) electrons. The molecule has 1 amide bonds. The fraction of sp³-hybridized carbons (Fsp3) is 0.269. The normalized spacial score (nSPS) is 11.1. The summed E-state index contributed by atoms with van der Waals surface area (Å²) in [4.78, 5) is 21.4. The quantitative estimate of drug-likeness (QED) is 0.229. The maximum absolute atomic E-state index is 14.7. The molecule has 4 rings (SSSR count). The molecule has 0 unspecified atom stereocenters. The average molecular weight is 511 g/mol. The molecule has 0 spiro atoms. The van der Waals surface area contributed by atoms with Crippen molar-refractivity contribution in [2.75, 3.05) is 38.7 Å². The van der Waals surface area contributed by atoms with Crippen molar-refractivity contribution in [2.24, 2.45) is 0 Å². The van der Waals surface area contributed by atoms with Gasteiger partial charge in [-0.2, -0.15) is 4.39 Å². The summed E-state index contributed by atoms with van der Waals surface area (Å²) in [5.74, 6) is -2.04. The van der Waals surface area contributed by atoms with Crippen LogP contribution in [0.4, 0.5) is 20.3 Å². The molecule has 0 saturated heterocycles. The van der Waals surface area contributed by atoms with Crippen molar-refractivity contribution in [3.05, 3.63) is 71.7 Å². The number of carbonyl (C=O) groups excluding carboxylic acids is 1. The molecule has 2 aromatic heterocycles. The van der Waals surface area contributed by atoms with Crippen molar-refractivity contribution >= 4 is 23.1 Å². The standard InChI is InChI=1S/C26H28F2N6O3/c1-3-16-14-17(4-5-18(16)26(36)31-9-8-29-11-13-35)33-24-25-32-15-20(34(25)12-10-30-24)19-6-7-21(37-2)23(28)22(19)27/h4-7,10,12,14-15,29,35H,3,8-9,11,13H2,1-2H3,(H,30,33)(H,31,36). The zero-order valence-electron chi connectivity index (χ0n) is 20.5. The van der Waals surface area contributed by atoms with E-state index in [0.29, 0.717) is 54.5 Å². The Hall–Kier alpha value is -4.09. The van der Waals surface area contributed by atoms with Crippen molar-refractivity contribution in [3.63, 3.8) is 0 Å². The van der Waals surface area contributed by atoms with E-state index in [1.54, 1.807) is 22.7 Å². The van der Waals surface area contributed by atoms with E-state index >= 15 is 0 Å². The third-order valence-electron chi connectivity index (χ3n) is 5.84. The summed E-state index contributed by atoms with van der Waals surface area (Å²) in [6.45, 7) is 3.47. The number of carbonyl (C=O) groups is 1. The van der Waals surface area contributed by atoms with E-state index in [1.165, 1.54) is 31.6 Å². The number of ether oxygens (including phenoxy) is 1. The number of anilines is 2. The van der Waals surface area contributed by atoms with Crippen LogP contribution in [0.1, 0.15) is 22.8 Å². The first-order valence-corrected chi connectivity index (χ1v) is 11.8. The molecule has 0 aliphatic carbocycles. The highest BCUT2D eigenvalue weighted by Gasteiger charge is 2.19. The Morgan fingerprint density at radius 3 is 2.70 bits per heavy atom. The number of hydrogen-bond acceptors (Lipinski definition) is 7. The summed E-state index contributed by atoms with van der Waals surface area (Å²) < 4.78 is 35.5. The second kappa shape index (κ2) is 11.8. The predicted octanol–water partition coefficient (Wildman–Crippen LogP) is 3.30. The van der Waals surface area contributed by atoms with Gasteiger partial charge in [0.15, 0.2) is 23.0 Å². The van der Waals surface area contributed by atoms with Crippen LogP contribution in [-0.4, -0.2) is 58.7 Å². The molecule has 0 aliphatic rings. The number of amides is 1. The fourth-order valence-electron chi connectivity index (χ4n) is 3.98. The molecule has 0 aliphatic heterocycles. The summed E-state index contributed by atoms with van der Waals surface area (Å²) in [7, 11) is 1.27. The number of aliphatic hydroxyl groups is 1. The van der Waals surface area contributed by atoms with Gasteiger partial charge in [0.2, 0.25) is 5.82 Å². The van der Waals surface area contributed by atoms with Gasteiger partial charge in [-0.1, -0.05) is 6.92 Å². The van der Waals surface area contributed by atoms with Gasteiger partial charge in [-0.25, -0.2) is 14.4 Å². The molecule has 0 atom stereocenters. The Morgan fingerprint density at radius 1 is 1.11 bits per heavy atom. The van der Waals surface area contributed by atoms with E-state index in [-0.39, 0.29) is 23.8 Å². The summed E-state index contributed by atoms with van der Waals surface area (Å²) in [6.07, 6.45) is 5.23. The van der Waals surface area contributed by atoms with Gasteiger partial charge in [0.1, 0.15) is 0 Å². The monoisotopic (exact) mass is 510 g/mol. The van der Waals surface area contributed by atoms with Crippen LogP contribution in [0.5, 0.6) is 5.75 Å². The predicted molar refractivity (Wildman–Crippen MR) is 136 cm³/mol. The van der Waals surface area contributed by atoms with Crippen molar-refractivity contribution < 1.29 is 23.4 Å². The SMILES string of the molecule is CCc1cc(Nc2nccn3c(-c4ccc(OC)c(F)c4F)cnc23)ccc1C(=O)NCCNCCO. The average Bonchev–Trinajstić information content (AvgIpc) is 3.35. The van der Waals surface area contributed by atoms with Crippen LogP contribution < -0.4 is 20.7 Å². The topological polar surface area (TPSA) is 113 Å². The Balaban J connectivity index is 1.57. The van der Waals surface area contributed by atoms with E-state index in [2.05, 4.69) is 25.9 Å². The lowest BCUT2D eigenvalue weighted by Crippen LogP contribution is -2.33. The van der Waals surface area contributed by atoms with Gasteiger partial charge in [0.05, 0.1) is 25.6 Å². The Kier molecular flexibility index (Phi) is 8.26. The highest BCUT2D eigenvalue weighted by atomic mass is 19.2. The van der Waals surface area contributed by atoms with E-state index in [9.17, 15) is 13.6 Å². The number of fused-ring (bicyclic) bond motifs is 1. The van der Waals surface area contributed by atoms with Gasteiger partial charge in [-0.05, 0) is 42.3 Å². The number of nitrogens with zero attached hydrogens (tertiary/aromatic N) is 3. The third-order valence-corrected chi connectivity index (χ3v) is 5.84. The van der Waals surface area contributed by atoms with Crippen LogP contribution in [0.3, 0.4) is 0 Å². The number of aromatic nitrogens is 3. The Bertz CT molecular complexity index is 1410. The number of aryl methyl sites for hydroxylation is 1. The number of benzene rings is 2. The maximum Gasteiger partial charge on any atom is 0.251 e. The lowest BCUT2D eigenvalue weighted by Gasteiger charge is -2.13. The Morgan fingerprint density at radius 2 is 1.95 bits per heavy atom. The van der Waals surface area contributed by atoms with Crippen LogP contribution in [0.15, 0.2) is 48.9 Å². The van der Waals surface area contributed by atoms with Gasteiger partial charge in [-0.15, -0.1) is 0 Å². The van der Waals surface area contributed by atoms with E-state index in [4.69, 9.17) is 9.84 Å². The molecule has 11 heteroatoms. The van der Waals surface area contributed by atoms with Crippen LogP contribution in [0.2, 0.25) is 0 Å². The second-order valence-corrected chi connectivity index (χ2v) is 8.14. The van der Waals surface area contributed by atoms with Gasteiger partial charge in [0, 0.05) is 48.8 Å². The van der Waals surface area contributed by atoms with Crippen LogP contribution in [0, 0.1) is 11.6 Å². The molecule has 2 aromatic carbocycles. The molecule has 37 heavy (non-hydrogen) atoms. The number of hydrogen-bond donors (Lipinski definition) is 4. The van der Waals surface area contributed by atoms with Crippen molar-refractivity contribution in [2.45, 2.75) is 13.3 Å². The zero-order chi connectivity index (χ0) is 26.4. The first-order valence-electron chi connectivity index (χ1n) is 11.8. The van der Waals surface area contributed by atoms with Gasteiger partial charge in [-0.3, -0.25) is 9.20 Å². The number of aliphatic hydroxyl groups excluding tert-OH is 1. The minimum atomic E-state index is -1.07. The number of methoxy groups -OCH3 is 1. The smallest absolute Gasteiger partial charge is 0.251 e. The molecule has 4 aromatic rings. The number of rotatable bonds is 11. The van der Waals surface area contributed by atoms with E-state index < -0.39 is 11.6 Å². The third kappa shape index (κ3) is 5.52. The maximum atomic E-state index is 14.7. The summed E-state index contributed by atoms with van der Waals surface area (Å²) in [5.41, 5.74) is 2.93. The van der Waals surface area contributed by atoms with Crippen molar-refractivity contribution in [1.82, 2.24) is 25.0 Å². The van der Waals surface area contributed by atoms with E-state index in [0.717, 1.165) is 5.56 Å². The molecular formula is C26H28F2N6O3. The van der Waals surface area contributed by atoms with Gasteiger partial charge >= 0.3 is 0 Å². The highest BCUT2D eigenvalue weighted by molar-refractivity contribution is 5.96. The lowest BCUT2D eigenvalue weighted by atomic mass is 10.0. The van der Waals surface area contributed by atoms with Gasteiger partial charge < -0.3 is 25.8 Å². The van der Waals surface area contributed by atoms with Crippen molar-refractivity contribution in [3.8, 4) is 17.0 Å². The van der Waals surface area contributed by atoms with Crippen molar-refractivity contribution in [1.29, 1.82) is 0 Å². The highest BCUT2D eigenvalue weighted by Crippen LogP contribution is 2.31. The summed E-state index contributed by atoms with van der Waals surface area (Å²) in [6, 6.07) is 8.18. The molecule has 4 N–H and O–H groups in total. The molecule has 194 valence electrons. The second-order valence-electron chi connectivity index (χ2n) is 8.14. The van der Waals surface area contributed by atoms with Gasteiger partial charge in [0.25, 0.3) is 5.91 Å². The summed E-state index contributed by atoms with van der Waals surface area (Å²) >= 11 is 0. The van der Waals surface area contributed by atoms with Crippen LogP contribution in [-0.2, 0) is 6.42 Å². The molecular weight excluding hydrogens is 482 g/mol. The molecule has 0 bridgehead atoms. The number of imidazole rings is 1. The van der Waals surface area contributed by atoms with E-state index in [1.807, 2.05) is 13.0 Å². The number of halogens is 2. The first kappa shape index (κ1) is 26.0. The van der Waals surface area contributed by atoms with Crippen LogP contribution in [0.25, 0.3) is 16.9 Å². The molecule has 2 heterocycles. The van der Waals surface area contributed by atoms with Crippen LogP contribution >= 0.6 is 0 Å². The molecule has 0 fully saturated rings. The largest absolute Gasteiger partial charge is 0.494 e. The summed E-state index contributed by atoms with van der Waals surface area (Å²) in [5, 5.41) is 17.9. The fourth-order valence-corrected chi connectivity index (χ4v) is 3.98. The zero-order valence-corrected chi connectivity index (χ0v) is 20.5. The lowest BCUT2D eigenvalue weighted by molar-refractivity contribution is 0.0953. The number of nitrogens with one attached hydrogen (secondary N) is 3. The minimum Gasteiger partial charge on any atom is -0.494 e. The Labute approximate surface area is 212 Å². The molecule has 0 saturated carbocycles. The minimum absolute atomic E-state index is 0.0399. The first-order chi connectivity index (χ1) is 18.0. The molecule has 9 nitrogen and oxygen atoms in total.